The number of anilines is 1. The molecule has 6 heteroatoms. The molecule has 2 N–H and O–H groups in total. The van der Waals surface area contributed by atoms with Crippen LogP contribution in [0, 0.1) is 0 Å². The second-order valence-electron chi connectivity index (χ2n) is 4.14. The Morgan fingerprint density at radius 3 is 2.65 bits per heavy atom. The highest BCUT2D eigenvalue weighted by Crippen LogP contribution is 2.42. The number of halogens is 2. The van der Waals surface area contributed by atoms with E-state index in [0.29, 0.717) is 21.8 Å². The van der Waals surface area contributed by atoms with Crippen LogP contribution in [0.2, 0.25) is 10.0 Å². The molecule has 88 valence electrons. The van der Waals surface area contributed by atoms with Gasteiger partial charge in [-0.2, -0.15) is 0 Å². The predicted octanol–water partition coefficient (Wildman–Crippen LogP) is 3.03. The van der Waals surface area contributed by atoms with Crippen molar-refractivity contribution in [3.63, 3.8) is 0 Å². The molecule has 1 aromatic carbocycles. The number of hydrogen-bond acceptors (Lipinski definition) is 3. The first-order valence-electron chi connectivity index (χ1n) is 5.33. The summed E-state index contributed by atoms with van der Waals surface area (Å²) in [5.74, 6) is 0.970. The van der Waals surface area contributed by atoms with E-state index in [0.717, 1.165) is 24.2 Å². The minimum atomic E-state index is 0.472. The predicted molar refractivity (Wildman–Crippen MR) is 67.8 cm³/mol. The molecule has 3 rings (SSSR count). The normalized spacial score (nSPS) is 15.2. The molecule has 17 heavy (non-hydrogen) atoms. The standard InChI is InChI=1S/C11H10Cl2N4/c12-8-4-3-7(5-9(8)13)17-10(6-1-2-6)11(14)15-16-17/h3-6H,1-2,14H2. The van der Waals surface area contributed by atoms with Crippen LogP contribution in [0.4, 0.5) is 5.82 Å². The van der Waals surface area contributed by atoms with Gasteiger partial charge in [0.15, 0.2) is 5.82 Å². The summed E-state index contributed by atoms with van der Waals surface area (Å²) in [4.78, 5) is 0. The third-order valence-corrected chi connectivity index (χ3v) is 3.58. The Bertz CT molecular complexity index is 575. The Hall–Kier alpha value is -1.26. The third kappa shape index (κ3) is 1.87. The molecule has 0 atom stereocenters. The van der Waals surface area contributed by atoms with Gasteiger partial charge in [0.25, 0.3) is 0 Å². The first-order chi connectivity index (χ1) is 8.16. The molecule has 0 radical (unpaired) electrons. The zero-order chi connectivity index (χ0) is 12.0. The van der Waals surface area contributed by atoms with Crippen molar-refractivity contribution in [2.24, 2.45) is 0 Å². The van der Waals surface area contributed by atoms with Crippen LogP contribution in [0.1, 0.15) is 24.5 Å². The summed E-state index contributed by atoms with van der Waals surface area (Å²) in [6, 6.07) is 5.37. The molecule has 2 aromatic rings. The molecule has 1 fully saturated rings. The van der Waals surface area contributed by atoms with Gasteiger partial charge in [-0.1, -0.05) is 28.4 Å². The molecule has 1 saturated carbocycles. The Labute approximate surface area is 108 Å². The van der Waals surface area contributed by atoms with Gasteiger partial charge in [0, 0.05) is 5.92 Å². The number of nitrogens with two attached hydrogens (primary N) is 1. The number of benzene rings is 1. The van der Waals surface area contributed by atoms with E-state index in [1.54, 1.807) is 16.8 Å². The summed E-state index contributed by atoms with van der Waals surface area (Å²) < 4.78 is 1.75. The van der Waals surface area contributed by atoms with E-state index in [1.165, 1.54) is 0 Å². The van der Waals surface area contributed by atoms with Gasteiger partial charge < -0.3 is 5.73 Å². The van der Waals surface area contributed by atoms with Crippen LogP contribution in [-0.2, 0) is 0 Å². The van der Waals surface area contributed by atoms with E-state index in [1.807, 2.05) is 6.07 Å². The van der Waals surface area contributed by atoms with Crippen molar-refractivity contribution in [3.05, 3.63) is 33.9 Å². The minimum Gasteiger partial charge on any atom is -0.381 e. The van der Waals surface area contributed by atoms with Crippen molar-refractivity contribution in [1.82, 2.24) is 15.0 Å². The van der Waals surface area contributed by atoms with E-state index >= 15 is 0 Å². The average molecular weight is 269 g/mol. The molecule has 1 aliphatic rings. The Kier molecular flexibility index (Phi) is 2.49. The molecule has 0 unspecified atom stereocenters. The summed E-state index contributed by atoms with van der Waals surface area (Å²) in [6.07, 6.45) is 2.28. The van der Waals surface area contributed by atoms with E-state index in [-0.39, 0.29) is 0 Å². The van der Waals surface area contributed by atoms with Crippen LogP contribution in [-0.4, -0.2) is 15.0 Å². The van der Waals surface area contributed by atoms with Gasteiger partial charge in [-0.25, -0.2) is 4.68 Å². The van der Waals surface area contributed by atoms with Gasteiger partial charge in [-0.3, -0.25) is 0 Å². The highest BCUT2D eigenvalue weighted by atomic mass is 35.5. The van der Waals surface area contributed by atoms with Crippen molar-refractivity contribution in [2.75, 3.05) is 5.73 Å². The SMILES string of the molecule is Nc1nnn(-c2ccc(Cl)c(Cl)c2)c1C1CC1. The summed E-state index contributed by atoms with van der Waals surface area (Å²) in [7, 11) is 0. The molecule has 4 nitrogen and oxygen atoms in total. The van der Waals surface area contributed by atoms with Gasteiger partial charge in [0.05, 0.1) is 21.4 Å². The quantitative estimate of drug-likeness (QED) is 0.911. The monoisotopic (exact) mass is 268 g/mol. The number of rotatable bonds is 2. The first kappa shape index (κ1) is 10.9. The maximum atomic E-state index is 5.99. The average Bonchev–Trinajstić information content (AvgIpc) is 3.06. The van der Waals surface area contributed by atoms with E-state index in [9.17, 15) is 0 Å². The van der Waals surface area contributed by atoms with Crippen LogP contribution < -0.4 is 5.73 Å². The fourth-order valence-electron chi connectivity index (χ4n) is 1.85. The van der Waals surface area contributed by atoms with Crippen molar-refractivity contribution in [1.29, 1.82) is 0 Å². The number of aromatic nitrogens is 3. The van der Waals surface area contributed by atoms with Crippen LogP contribution in [0.5, 0.6) is 0 Å². The molecular weight excluding hydrogens is 259 g/mol. The summed E-state index contributed by atoms with van der Waals surface area (Å²) in [5.41, 5.74) is 7.65. The smallest absolute Gasteiger partial charge is 0.169 e. The second kappa shape index (κ2) is 3.89. The lowest BCUT2D eigenvalue weighted by atomic mass is 10.2. The Morgan fingerprint density at radius 2 is 2.00 bits per heavy atom. The first-order valence-corrected chi connectivity index (χ1v) is 6.09. The fourth-order valence-corrected chi connectivity index (χ4v) is 2.14. The van der Waals surface area contributed by atoms with Crippen LogP contribution in [0.25, 0.3) is 5.69 Å². The lowest BCUT2D eigenvalue weighted by Gasteiger charge is -2.06. The van der Waals surface area contributed by atoms with Gasteiger partial charge in [0.1, 0.15) is 0 Å². The minimum absolute atomic E-state index is 0.472. The molecule has 1 aromatic heterocycles. The Morgan fingerprint density at radius 1 is 1.24 bits per heavy atom. The van der Waals surface area contributed by atoms with Crippen LogP contribution >= 0.6 is 23.2 Å². The maximum absolute atomic E-state index is 5.99. The third-order valence-electron chi connectivity index (χ3n) is 2.84. The van der Waals surface area contributed by atoms with Gasteiger partial charge in [-0.15, -0.1) is 5.10 Å². The van der Waals surface area contributed by atoms with Crippen molar-refractivity contribution in [3.8, 4) is 5.69 Å². The molecule has 1 aliphatic carbocycles. The molecule has 0 amide bonds. The summed E-state index contributed by atoms with van der Waals surface area (Å²) in [5, 5.41) is 9.00. The molecule has 1 heterocycles. The summed E-state index contributed by atoms with van der Waals surface area (Å²) >= 11 is 11.9. The Balaban J connectivity index is 2.11. The largest absolute Gasteiger partial charge is 0.381 e. The highest BCUT2D eigenvalue weighted by Gasteiger charge is 2.31. The number of nitrogen functional groups attached to an aromatic ring is 1. The topological polar surface area (TPSA) is 56.7 Å². The molecule has 0 bridgehead atoms. The van der Waals surface area contributed by atoms with E-state index in [2.05, 4.69) is 10.3 Å². The van der Waals surface area contributed by atoms with Gasteiger partial charge >= 0.3 is 0 Å². The van der Waals surface area contributed by atoms with Gasteiger partial charge in [-0.05, 0) is 31.0 Å². The van der Waals surface area contributed by atoms with Crippen molar-refractivity contribution in [2.45, 2.75) is 18.8 Å². The van der Waals surface area contributed by atoms with Crippen molar-refractivity contribution < 1.29 is 0 Å². The zero-order valence-corrected chi connectivity index (χ0v) is 10.4. The molecule has 0 saturated heterocycles. The lowest BCUT2D eigenvalue weighted by molar-refractivity contribution is 0.764. The van der Waals surface area contributed by atoms with Crippen molar-refractivity contribution >= 4 is 29.0 Å². The second-order valence-corrected chi connectivity index (χ2v) is 4.96. The van der Waals surface area contributed by atoms with Crippen LogP contribution in [0.3, 0.4) is 0 Å². The molecule has 0 spiro atoms. The maximum Gasteiger partial charge on any atom is 0.169 e. The van der Waals surface area contributed by atoms with Gasteiger partial charge in [0.2, 0.25) is 0 Å². The lowest BCUT2D eigenvalue weighted by Crippen LogP contribution is -2.02. The van der Waals surface area contributed by atoms with E-state index < -0.39 is 0 Å². The number of nitrogens with zero attached hydrogens (tertiary/aromatic N) is 3. The summed E-state index contributed by atoms with van der Waals surface area (Å²) in [6.45, 7) is 0. The molecular formula is C11H10Cl2N4. The van der Waals surface area contributed by atoms with Crippen LogP contribution in [0.15, 0.2) is 18.2 Å². The highest BCUT2D eigenvalue weighted by molar-refractivity contribution is 6.42. The zero-order valence-electron chi connectivity index (χ0n) is 8.90. The number of hydrogen-bond donors (Lipinski definition) is 1. The molecule has 0 aliphatic heterocycles. The fraction of sp³-hybridized carbons (Fsp3) is 0.273. The van der Waals surface area contributed by atoms with E-state index in [4.69, 9.17) is 28.9 Å².